The SMILES string of the molecule is CC(C)COc1ccc(S(=O)(=O)N(C)CC(C)(C)CN)cc1.Cl. The lowest BCUT2D eigenvalue weighted by molar-refractivity contribution is 0.271. The van der Waals surface area contributed by atoms with E-state index in [1.807, 2.05) is 13.8 Å². The molecule has 2 N–H and O–H groups in total. The van der Waals surface area contributed by atoms with Crippen molar-refractivity contribution in [2.45, 2.75) is 32.6 Å². The molecular weight excluding hydrogens is 336 g/mol. The number of ether oxygens (including phenoxy) is 1. The molecule has 0 saturated heterocycles. The second-order valence-electron chi connectivity index (χ2n) is 6.81. The number of benzene rings is 1. The number of nitrogens with two attached hydrogens (primary N) is 1. The van der Waals surface area contributed by atoms with E-state index in [2.05, 4.69) is 13.8 Å². The summed E-state index contributed by atoms with van der Waals surface area (Å²) in [5, 5.41) is 0. The molecule has 7 heteroatoms. The first-order valence-electron chi connectivity index (χ1n) is 7.48. The van der Waals surface area contributed by atoms with E-state index in [9.17, 15) is 8.42 Å². The summed E-state index contributed by atoms with van der Waals surface area (Å²) in [6, 6.07) is 6.54. The Morgan fingerprint density at radius 1 is 1.22 bits per heavy atom. The fourth-order valence-corrected chi connectivity index (χ4v) is 3.26. The molecule has 0 aromatic heterocycles. The summed E-state index contributed by atoms with van der Waals surface area (Å²) in [5.41, 5.74) is 5.41. The van der Waals surface area contributed by atoms with Gasteiger partial charge in [0.15, 0.2) is 0 Å². The van der Waals surface area contributed by atoms with Crippen LogP contribution in [0.4, 0.5) is 0 Å². The van der Waals surface area contributed by atoms with E-state index in [0.29, 0.717) is 31.4 Å². The van der Waals surface area contributed by atoms with Crippen molar-refractivity contribution in [3.05, 3.63) is 24.3 Å². The molecule has 1 aromatic carbocycles. The Labute approximate surface area is 146 Å². The first-order valence-corrected chi connectivity index (χ1v) is 8.92. The summed E-state index contributed by atoms with van der Waals surface area (Å²) >= 11 is 0. The van der Waals surface area contributed by atoms with Gasteiger partial charge in [-0.05, 0) is 42.1 Å². The van der Waals surface area contributed by atoms with Crippen LogP contribution < -0.4 is 10.5 Å². The standard InChI is InChI=1S/C16H28N2O3S.ClH/c1-13(2)10-21-14-6-8-15(9-7-14)22(19,20)18(5)12-16(3,4)11-17;/h6-9,13H,10-12,17H2,1-5H3;1H. The van der Waals surface area contributed by atoms with Gasteiger partial charge in [-0.25, -0.2) is 12.7 Å². The van der Waals surface area contributed by atoms with E-state index in [4.69, 9.17) is 10.5 Å². The minimum Gasteiger partial charge on any atom is -0.493 e. The molecular formula is C16H29ClN2O3S. The zero-order valence-corrected chi connectivity index (χ0v) is 16.2. The van der Waals surface area contributed by atoms with Gasteiger partial charge in [-0.3, -0.25) is 0 Å². The van der Waals surface area contributed by atoms with Crippen molar-refractivity contribution in [3.8, 4) is 5.75 Å². The summed E-state index contributed by atoms with van der Waals surface area (Å²) in [7, 11) is -1.93. The molecule has 23 heavy (non-hydrogen) atoms. The van der Waals surface area contributed by atoms with Crippen LogP contribution in [-0.4, -0.2) is 39.5 Å². The van der Waals surface area contributed by atoms with Crippen molar-refractivity contribution in [1.82, 2.24) is 4.31 Å². The van der Waals surface area contributed by atoms with Crippen molar-refractivity contribution in [2.24, 2.45) is 17.1 Å². The Morgan fingerprint density at radius 2 is 1.74 bits per heavy atom. The monoisotopic (exact) mass is 364 g/mol. The van der Waals surface area contributed by atoms with Gasteiger partial charge in [0, 0.05) is 13.6 Å². The second kappa shape index (κ2) is 8.87. The van der Waals surface area contributed by atoms with Gasteiger partial charge in [-0.15, -0.1) is 12.4 Å². The summed E-state index contributed by atoms with van der Waals surface area (Å²) in [6.07, 6.45) is 0. The van der Waals surface area contributed by atoms with Crippen LogP contribution in [0.15, 0.2) is 29.2 Å². The lowest BCUT2D eigenvalue weighted by atomic mass is 9.94. The maximum absolute atomic E-state index is 12.5. The average molecular weight is 365 g/mol. The van der Waals surface area contributed by atoms with Crippen LogP contribution in [-0.2, 0) is 10.0 Å². The molecule has 0 atom stereocenters. The molecule has 0 aliphatic heterocycles. The largest absolute Gasteiger partial charge is 0.493 e. The minimum absolute atomic E-state index is 0. The third-order valence-electron chi connectivity index (χ3n) is 3.32. The lowest BCUT2D eigenvalue weighted by Gasteiger charge is -2.28. The maximum Gasteiger partial charge on any atom is 0.242 e. The van der Waals surface area contributed by atoms with Gasteiger partial charge in [0.05, 0.1) is 11.5 Å². The molecule has 5 nitrogen and oxygen atoms in total. The highest BCUT2D eigenvalue weighted by molar-refractivity contribution is 7.89. The molecule has 134 valence electrons. The maximum atomic E-state index is 12.5. The summed E-state index contributed by atoms with van der Waals surface area (Å²) in [4.78, 5) is 0.264. The highest BCUT2D eigenvalue weighted by atomic mass is 35.5. The fraction of sp³-hybridized carbons (Fsp3) is 0.625. The predicted molar refractivity (Wildman–Crippen MR) is 96.7 cm³/mol. The molecule has 0 radical (unpaired) electrons. The zero-order valence-electron chi connectivity index (χ0n) is 14.6. The highest BCUT2D eigenvalue weighted by Crippen LogP contribution is 2.22. The number of halogens is 1. The molecule has 1 aromatic rings. The fourth-order valence-electron chi connectivity index (χ4n) is 1.90. The first-order chi connectivity index (χ1) is 10.1. The van der Waals surface area contributed by atoms with Crippen molar-refractivity contribution in [3.63, 3.8) is 0 Å². The third kappa shape index (κ3) is 6.67. The Morgan fingerprint density at radius 3 is 2.17 bits per heavy atom. The van der Waals surface area contributed by atoms with Gasteiger partial charge >= 0.3 is 0 Å². The zero-order chi connectivity index (χ0) is 17.0. The van der Waals surface area contributed by atoms with E-state index >= 15 is 0 Å². The summed E-state index contributed by atoms with van der Waals surface area (Å²) in [5.74, 6) is 1.10. The Balaban J connectivity index is 0.00000484. The van der Waals surface area contributed by atoms with Gasteiger partial charge in [0.2, 0.25) is 10.0 Å². The Bertz CT molecular complexity index is 571. The van der Waals surface area contributed by atoms with Gasteiger partial charge < -0.3 is 10.5 Å². The van der Waals surface area contributed by atoms with Crippen LogP contribution in [0, 0.1) is 11.3 Å². The Kier molecular flexibility index (Phi) is 8.56. The van der Waals surface area contributed by atoms with Gasteiger partial charge in [0.25, 0.3) is 0 Å². The Hall–Kier alpha value is -0.820. The molecule has 0 fully saturated rings. The van der Waals surface area contributed by atoms with E-state index in [1.165, 1.54) is 4.31 Å². The molecule has 0 aliphatic rings. The van der Waals surface area contributed by atoms with Crippen LogP contribution in [0.25, 0.3) is 0 Å². The molecule has 0 amide bonds. The van der Waals surface area contributed by atoms with Crippen molar-refractivity contribution in [2.75, 3.05) is 26.7 Å². The van der Waals surface area contributed by atoms with Crippen LogP contribution in [0.5, 0.6) is 5.75 Å². The van der Waals surface area contributed by atoms with Crippen molar-refractivity contribution >= 4 is 22.4 Å². The number of nitrogens with zero attached hydrogens (tertiary/aromatic N) is 1. The average Bonchev–Trinajstić information content (AvgIpc) is 2.45. The molecule has 0 heterocycles. The predicted octanol–water partition coefficient (Wildman–Crippen LogP) is 2.75. The minimum atomic E-state index is -3.51. The molecule has 0 saturated carbocycles. The van der Waals surface area contributed by atoms with Gasteiger partial charge in [-0.2, -0.15) is 0 Å². The number of sulfonamides is 1. The highest BCUT2D eigenvalue weighted by Gasteiger charge is 2.27. The smallest absolute Gasteiger partial charge is 0.242 e. The molecule has 0 unspecified atom stereocenters. The van der Waals surface area contributed by atoms with E-state index in [-0.39, 0.29) is 22.7 Å². The molecule has 0 bridgehead atoms. The number of hydrogen-bond donors (Lipinski definition) is 1. The number of hydrogen-bond acceptors (Lipinski definition) is 4. The first kappa shape index (κ1) is 22.2. The van der Waals surface area contributed by atoms with E-state index in [1.54, 1.807) is 31.3 Å². The number of rotatable bonds is 8. The van der Waals surface area contributed by atoms with Gasteiger partial charge in [-0.1, -0.05) is 27.7 Å². The summed E-state index contributed by atoms with van der Waals surface area (Å²) in [6.45, 7) is 9.42. The van der Waals surface area contributed by atoms with Crippen molar-refractivity contribution < 1.29 is 13.2 Å². The topological polar surface area (TPSA) is 72.6 Å². The van der Waals surface area contributed by atoms with Crippen LogP contribution in [0.2, 0.25) is 0 Å². The summed E-state index contributed by atoms with van der Waals surface area (Å²) < 4.78 is 32.0. The van der Waals surface area contributed by atoms with E-state index < -0.39 is 10.0 Å². The van der Waals surface area contributed by atoms with Crippen LogP contribution in [0.1, 0.15) is 27.7 Å². The van der Waals surface area contributed by atoms with Gasteiger partial charge in [0.1, 0.15) is 5.75 Å². The molecule has 0 spiro atoms. The second-order valence-corrected chi connectivity index (χ2v) is 8.85. The normalized spacial score (nSPS) is 12.3. The lowest BCUT2D eigenvalue weighted by Crippen LogP contribution is -2.39. The van der Waals surface area contributed by atoms with E-state index in [0.717, 1.165) is 0 Å². The van der Waals surface area contributed by atoms with Crippen LogP contribution in [0.3, 0.4) is 0 Å². The van der Waals surface area contributed by atoms with Crippen LogP contribution >= 0.6 is 12.4 Å². The molecule has 1 rings (SSSR count). The third-order valence-corrected chi connectivity index (χ3v) is 5.14. The van der Waals surface area contributed by atoms with Crippen molar-refractivity contribution in [1.29, 1.82) is 0 Å². The molecule has 0 aliphatic carbocycles. The quantitative estimate of drug-likeness (QED) is 0.769.